The Morgan fingerprint density at radius 3 is 1.94 bits per heavy atom. The molecule has 0 heterocycles. The summed E-state index contributed by atoms with van der Waals surface area (Å²) in [5, 5.41) is 12.5. The molecule has 0 fully saturated rings. The number of carboxylic acid groups (broad SMARTS) is 1. The van der Waals surface area contributed by atoms with Crippen molar-refractivity contribution in [1.82, 2.24) is 5.32 Å². The van der Waals surface area contributed by atoms with Crippen molar-refractivity contribution in [1.29, 1.82) is 0 Å². The number of fused-ring (bicyclic) bond motifs is 3. The molecular formula is C28H29NO5. The van der Waals surface area contributed by atoms with Crippen molar-refractivity contribution >= 4 is 12.1 Å². The first-order chi connectivity index (χ1) is 16.2. The van der Waals surface area contributed by atoms with E-state index in [1.54, 1.807) is 24.3 Å². The van der Waals surface area contributed by atoms with Crippen molar-refractivity contribution in [3.63, 3.8) is 0 Å². The number of benzene rings is 3. The molecule has 2 atom stereocenters. The summed E-state index contributed by atoms with van der Waals surface area (Å²) in [6, 6.07) is 23.8. The van der Waals surface area contributed by atoms with Crippen molar-refractivity contribution in [2.24, 2.45) is 0 Å². The summed E-state index contributed by atoms with van der Waals surface area (Å²) in [6.07, 6.45) is -1.69. The van der Waals surface area contributed by atoms with Crippen LogP contribution in [0.25, 0.3) is 11.1 Å². The Morgan fingerprint density at radius 1 is 0.882 bits per heavy atom. The molecule has 176 valence electrons. The molecule has 2 N–H and O–H groups in total. The number of aliphatic carboxylic acids is 1. The molecule has 1 aliphatic carbocycles. The molecule has 1 amide bonds. The quantitative estimate of drug-likeness (QED) is 0.485. The summed E-state index contributed by atoms with van der Waals surface area (Å²) in [4.78, 5) is 25.0. The topological polar surface area (TPSA) is 84.9 Å². The zero-order valence-corrected chi connectivity index (χ0v) is 19.5. The Hall–Kier alpha value is -3.64. The predicted molar refractivity (Wildman–Crippen MR) is 130 cm³/mol. The number of amides is 1. The fourth-order valence-corrected chi connectivity index (χ4v) is 4.39. The van der Waals surface area contributed by atoms with Gasteiger partial charge in [0.05, 0.1) is 5.60 Å². The van der Waals surface area contributed by atoms with Crippen molar-refractivity contribution in [3.05, 3.63) is 95.6 Å². The molecule has 4 rings (SSSR count). The minimum absolute atomic E-state index is 0.0995. The number of carbonyl (C=O) groups is 2. The predicted octanol–water partition coefficient (Wildman–Crippen LogP) is 5.53. The number of rotatable bonds is 7. The lowest BCUT2D eigenvalue weighted by atomic mass is 9.98. The van der Waals surface area contributed by atoms with Crippen LogP contribution in [0.4, 0.5) is 4.79 Å². The number of ether oxygens (including phenoxy) is 2. The number of alkyl carbamates (subject to hydrolysis) is 1. The minimum atomic E-state index is -1.32. The highest BCUT2D eigenvalue weighted by Gasteiger charge is 2.36. The molecule has 0 aliphatic heterocycles. The van der Waals surface area contributed by atoms with Crippen LogP contribution >= 0.6 is 0 Å². The van der Waals surface area contributed by atoms with Gasteiger partial charge in [-0.2, -0.15) is 0 Å². The van der Waals surface area contributed by atoms with E-state index in [1.165, 1.54) is 0 Å². The van der Waals surface area contributed by atoms with Crippen LogP contribution < -0.4 is 5.32 Å². The number of hydrogen-bond acceptors (Lipinski definition) is 4. The molecule has 3 aromatic carbocycles. The lowest BCUT2D eigenvalue weighted by molar-refractivity contribution is -0.148. The molecule has 0 saturated carbocycles. The lowest BCUT2D eigenvalue weighted by Crippen LogP contribution is -2.47. The number of carbonyl (C=O) groups excluding carboxylic acids is 1. The standard InChI is InChI=1S/C28H29NO5/c1-28(2,3)34-25(18-11-5-4-6-12-18)24(26(30)31)29-27(32)33-17-23-21-15-9-7-13-19(21)20-14-8-10-16-22(20)23/h4-16,23-25H,17H2,1-3H3,(H,29,32)(H,30,31)/t24?,25-/m1/s1. The Labute approximate surface area is 199 Å². The molecule has 0 radical (unpaired) electrons. The van der Waals surface area contributed by atoms with Crippen LogP contribution in [-0.4, -0.2) is 35.4 Å². The molecule has 1 unspecified atom stereocenters. The van der Waals surface area contributed by atoms with Crippen LogP contribution in [-0.2, 0) is 14.3 Å². The summed E-state index contributed by atoms with van der Waals surface area (Å²) in [6.45, 7) is 5.63. The summed E-state index contributed by atoms with van der Waals surface area (Å²) in [5.74, 6) is -1.32. The van der Waals surface area contributed by atoms with E-state index in [0.29, 0.717) is 5.56 Å². The second-order valence-electron chi connectivity index (χ2n) is 9.35. The highest BCUT2D eigenvalue weighted by atomic mass is 16.6. The van der Waals surface area contributed by atoms with Gasteiger partial charge in [0.2, 0.25) is 0 Å². The zero-order valence-electron chi connectivity index (χ0n) is 19.5. The minimum Gasteiger partial charge on any atom is -0.480 e. The van der Waals surface area contributed by atoms with E-state index in [1.807, 2.05) is 63.2 Å². The maximum atomic E-state index is 12.8. The van der Waals surface area contributed by atoms with Gasteiger partial charge >= 0.3 is 12.1 Å². The first kappa shape index (κ1) is 23.5. The van der Waals surface area contributed by atoms with Crippen molar-refractivity contribution in [2.45, 2.75) is 44.4 Å². The summed E-state index contributed by atoms with van der Waals surface area (Å²) in [5.41, 5.74) is 4.45. The van der Waals surface area contributed by atoms with Gasteiger partial charge in [-0.25, -0.2) is 9.59 Å². The second-order valence-corrected chi connectivity index (χ2v) is 9.35. The van der Waals surface area contributed by atoms with Crippen LogP contribution in [0.3, 0.4) is 0 Å². The number of nitrogens with one attached hydrogen (secondary N) is 1. The molecule has 6 nitrogen and oxygen atoms in total. The lowest BCUT2D eigenvalue weighted by Gasteiger charge is -2.32. The van der Waals surface area contributed by atoms with Crippen LogP contribution in [0.2, 0.25) is 0 Å². The fraction of sp³-hybridized carbons (Fsp3) is 0.286. The summed E-state index contributed by atoms with van der Waals surface area (Å²) < 4.78 is 11.6. The first-order valence-electron chi connectivity index (χ1n) is 11.3. The molecule has 3 aromatic rings. The van der Waals surface area contributed by atoms with Crippen molar-refractivity contribution in [3.8, 4) is 11.1 Å². The molecule has 0 spiro atoms. The molecule has 0 bridgehead atoms. The SMILES string of the molecule is CC(C)(C)O[C@H](c1ccccc1)C(NC(=O)OCC1c2ccccc2-c2ccccc21)C(=O)O. The Balaban J connectivity index is 1.51. The van der Waals surface area contributed by atoms with Crippen molar-refractivity contribution in [2.75, 3.05) is 6.61 Å². The van der Waals surface area contributed by atoms with Crippen LogP contribution in [0, 0.1) is 0 Å². The van der Waals surface area contributed by atoms with Crippen LogP contribution in [0.1, 0.15) is 49.5 Å². The van der Waals surface area contributed by atoms with Gasteiger partial charge in [0, 0.05) is 5.92 Å². The van der Waals surface area contributed by atoms with Crippen LogP contribution in [0.15, 0.2) is 78.9 Å². The van der Waals surface area contributed by atoms with E-state index in [0.717, 1.165) is 22.3 Å². The normalized spacial score (nSPS) is 14.6. The fourth-order valence-electron chi connectivity index (χ4n) is 4.39. The third-order valence-electron chi connectivity index (χ3n) is 5.79. The molecule has 6 heteroatoms. The number of hydrogen-bond donors (Lipinski definition) is 2. The van der Waals surface area contributed by atoms with E-state index in [-0.39, 0.29) is 12.5 Å². The smallest absolute Gasteiger partial charge is 0.407 e. The van der Waals surface area contributed by atoms with E-state index in [9.17, 15) is 14.7 Å². The zero-order chi connectivity index (χ0) is 24.3. The van der Waals surface area contributed by atoms with Gasteiger partial charge < -0.3 is 19.9 Å². The summed E-state index contributed by atoms with van der Waals surface area (Å²) in [7, 11) is 0. The molecule has 0 aromatic heterocycles. The third-order valence-corrected chi connectivity index (χ3v) is 5.79. The highest BCUT2D eigenvalue weighted by Crippen LogP contribution is 2.44. The van der Waals surface area contributed by atoms with Gasteiger partial charge in [0.15, 0.2) is 6.04 Å². The molecular weight excluding hydrogens is 430 g/mol. The monoisotopic (exact) mass is 459 g/mol. The van der Waals surface area contributed by atoms with Crippen LogP contribution in [0.5, 0.6) is 0 Å². The molecule has 1 aliphatic rings. The molecule has 0 saturated heterocycles. The van der Waals surface area contributed by atoms with Gasteiger partial charge in [-0.3, -0.25) is 0 Å². The maximum absolute atomic E-state index is 12.8. The van der Waals surface area contributed by atoms with Gasteiger partial charge in [-0.1, -0.05) is 78.9 Å². The largest absolute Gasteiger partial charge is 0.480 e. The Morgan fingerprint density at radius 2 is 1.41 bits per heavy atom. The van der Waals surface area contributed by atoms with Crippen molar-refractivity contribution < 1.29 is 24.2 Å². The highest BCUT2D eigenvalue weighted by molar-refractivity contribution is 5.81. The second kappa shape index (κ2) is 9.69. The summed E-state index contributed by atoms with van der Waals surface area (Å²) >= 11 is 0. The maximum Gasteiger partial charge on any atom is 0.407 e. The average Bonchev–Trinajstić information content (AvgIpc) is 3.13. The average molecular weight is 460 g/mol. The van der Waals surface area contributed by atoms with E-state index >= 15 is 0 Å². The van der Waals surface area contributed by atoms with Gasteiger partial charge in [0.25, 0.3) is 0 Å². The first-order valence-corrected chi connectivity index (χ1v) is 11.3. The van der Waals surface area contributed by atoms with Gasteiger partial charge in [-0.05, 0) is 48.6 Å². The van der Waals surface area contributed by atoms with E-state index in [2.05, 4.69) is 17.4 Å². The van der Waals surface area contributed by atoms with Gasteiger partial charge in [0.1, 0.15) is 12.7 Å². The molecule has 34 heavy (non-hydrogen) atoms. The van der Waals surface area contributed by atoms with E-state index in [4.69, 9.17) is 9.47 Å². The Bertz CT molecular complexity index is 1120. The van der Waals surface area contributed by atoms with E-state index < -0.39 is 29.8 Å². The van der Waals surface area contributed by atoms with Gasteiger partial charge in [-0.15, -0.1) is 0 Å². The third kappa shape index (κ3) is 5.13. The Kier molecular flexibility index (Phi) is 6.70. The number of carboxylic acids is 1.